The zero-order valence-corrected chi connectivity index (χ0v) is 18.6. The van der Waals surface area contributed by atoms with Gasteiger partial charge in [-0.1, -0.05) is 36.4 Å². The highest BCUT2D eigenvalue weighted by atomic mass is 16.4. The molecule has 0 saturated carbocycles. The Labute approximate surface area is 196 Å². The van der Waals surface area contributed by atoms with Gasteiger partial charge in [0.1, 0.15) is 23.0 Å². The number of hydrogen-bond acceptors (Lipinski definition) is 8. The number of nitrogens with one attached hydrogen (secondary N) is 2. The van der Waals surface area contributed by atoms with Crippen LogP contribution in [0.5, 0.6) is 0 Å². The first-order chi connectivity index (χ1) is 16.4. The van der Waals surface area contributed by atoms with Gasteiger partial charge in [-0.25, -0.2) is 9.97 Å². The second-order valence-corrected chi connectivity index (χ2v) is 8.31. The predicted molar refractivity (Wildman–Crippen MR) is 131 cm³/mol. The molecule has 34 heavy (non-hydrogen) atoms. The van der Waals surface area contributed by atoms with E-state index in [1.165, 1.54) is 0 Å². The molecular formula is C24H24BN5O4. The van der Waals surface area contributed by atoms with Crippen LogP contribution < -0.4 is 21.8 Å². The van der Waals surface area contributed by atoms with Crippen molar-refractivity contribution in [2.45, 2.75) is 26.3 Å². The number of hydrogen-bond donors (Lipinski definition) is 5. The molecule has 172 valence electrons. The van der Waals surface area contributed by atoms with Crippen molar-refractivity contribution in [2.75, 3.05) is 17.2 Å². The summed E-state index contributed by atoms with van der Waals surface area (Å²) >= 11 is 0. The molecule has 1 aliphatic heterocycles. The van der Waals surface area contributed by atoms with E-state index < -0.39 is 13.0 Å². The molecule has 0 unspecified atom stereocenters. The van der Waals surface area contributed by atoms with Gasteiger partial charge in [0, 0.05) is 24.0 Å². The number of benzene rings is 2. The molecule has 3 heterocycles. The van der Waals surface area contributed by atoms with Crippen LogP contribution in [0, 0.1) is 6.92 Å². The van der Waals surface area contributed by atoms with E-state index >= 15 is 0 Å². The van der Waals surface area contributed by atoms with Gasteiger partial charge in [-0.3, -0.25) is 4.79 Å². The summed E-state index contributed by atoms with van der Waals surface area (Å²) in [5.74, 6) is 1.97. The second-order valence-electron chi connectivity index (χ2n) is 8.31. The molecule has 0 fully saturated rings. The van der Waals surface area contributed by atoms with Gasteiger partial charge in [0.15, 0.2) is 5.82 Å². The normalized spacial score (nSPS) is 12.8. The van der Waals surface area contributed by atoms with E-state index in [4.69, 9.17) is 20.1 Å². The van der Waals surface area contributed by atoms with Crippen LogP contribution >= 0.6 is 0 Å². The van der Waals surface area contributed by atoms with Crippen LogP contribution in [0.4, 0.5) is 11.6 Å². The quantitative estimate of drug-likeness (QED) is 0.276. The summed E-state index contributed by atoms with van der Waals surface area (Å²) in [7, 11) is -1.52. The smallest absolute Gasteiger partial charge is 0.460 e. The Balaban J connectivity index is 1.57. The molecule has 6 N–H and O–H groups in total. The number of aryl methyl sites for hydroxylation is 1. The third-order valence-corrected chi connectivity index (χ3v) is 5.99. The van der Waals surface area contributed by atoms with Gasteiger partial charge in [0.2, 0.25) is 0 Å². The number of furan rings is 1. The molecule has 0 saturated heterocycles. The Morgan fingerprint density at radius 3 is 2.85 bits per heavy atom. The molecule has 1 aliphatic rings. The Morgan fingerprint density at radius 1 is 1.24 bits per heavy atom. The fourth-order valence-electron chi connectivity index (χ4n) is 4.36. The maximum Gasteiger partial charge on any atom is 0.488 e. The summed E-state index contributed by atoms with van der Waals surface area (Å²) in [6.07, 6.45) is 1.80. The van der Waals surface area contributed by atoms with E-state index in [2.05, 4.69) is 10.6 Å². The van der Waals surface area contributed by atoms with E-state index in [0.29, 0.717) is 46.1 Å². The zero-order chi connectivity index (χ0) is 23.8. The fourth-order valence-corrected chi connectivity index (χ4v) is 4.36. The molecule has 0 aliphatic carbocycles. The van der Waals surface area contributed by atoms with Gasteiger partial charge in [-0.2, -0.15) is 0 Å². The first kappa shape index (κ1) is 21.9. The van der Waals surface area contributed by atoms with Crippen molar-refractivity contribution in [1.82, 2.24) is 9.97 Å². The highest BCUT2D eigenvalue weighted by Gasteiger charge is 2.24. The molecule has 10 heteroatoms. The lowest BCUT2D eigenvalue weighted by Gasteiger charge is -2.21. The second kappa shape index (κ2) is 8.81. The average Bonchev–Trinajstić information content (AvgIpc) is 3.18. The summed E-state index contributed by atoms with van der Waals surface area (Å²) in [6, 6.07) is 12.4. The topological polar surface area (TPSA) is 147 Å². The Morgan fingerprint density at radius 2 is 2.06 bits per heavy atom. The fraction of sp³-hybridized carbons (Fsp3) is 0.208. The van der Waals surface area contributed by atoms with Crippen molar-refractivity contribution in [3.63, 3.8) is 0 Å². The van der Waals surface area contributed by atoms with Gasteiger partial charge in [0.25, 0.3) is 5.91 Å². The predicted octanol–water partition coefficient (Wildman–Crippen LogP) is 1.95. The molecule has 9 nitrogen and oxygen atoms in total. The van der Waals surface area contributed by atoms with Crippen molar-refractivity contribution < 1.29 is 19.3 Å². The number of anilines is 2. The average molecular weight is 457 g/mol. The minimum absolute atomic E-state index is 0.312. The van der Waals surface area contributed by atoms with Crippen LogP contribution in [0.1, 0.15) is 33.7 Å². The van der Waals surface area contributed by atoms with Crippen molar-refractivity contribution in [3.05, 3.63) is 64.9 Å². The summed E-state index contributed by atoms with van der Waals surface area (Å²) in [5, 5.41) is 26.4. The van der Waals surface area contributed by atoms with E-state index in [-0.39, 0.29) is 0 Å². The van der Waals surface area contributed by atoms with Crippen LogP contribution in [-0.4, -0.2) is 39.6 Å². The van der Waals surface area contributed by atoms with Gasteiger partial charge in [0.05, 0.1) is 11.1 Å². The third-order valence-electron chi connectivity index (χ3n) is 5.99. The minimum atomic E-state index is -1.52. The molecule has 5 rings (SSSR count). The summed E-state index contributed by atoms with van der Waals surface area (Å²) in [5.41, 5.74) is 9.29. The Hall–Kier alpha value is -3.89. The lowest BCUT2D eigenvalue weighted by molar-refractivity contribution is 0.100. The largest absolute Gasteiger partial charge is 0.488 e. The molecule has 2 aromatic heterocycles. The number of nitrogens with zero attached hydrogens (tertiary/aromatic N) is 2. The van der Waals surface area contributed by atoms with Crippen LogP contribution in [0.25, 0.3) is 22.4 Å². The third kappa shape index (κ3) is 3.97. The van der Waals surface area contributed by atoms with Gasteiger partial charge in [-0.15, -0.1) is 0 Å². The van der Waals surface area contributed by atoms with Crippen LogP contribution in [0.15, 0.2) is 46.9 Å². The molecule has 0 radical (unpaired) electrons. The number of para-hydroxylation sites is 1. The van der Waals surface area contributed by atoms with E-state index in [1.807, 2.05) is 19.1 Å². The highest BCUT2D eigenvalue weighted by molar-refractivity contribution is 6.58. The zero-order valence-electron chi connectivity index (χ0n) is 18.6. The van der Waals surface area contributed by atoms with Crippen LogP contribution in [0.3, 0.4) is 0 Å². The van der Waals surface area contributed by atoms with Crippen molar-refractivity contribution in [1.29, 1.82) is 0 Å². The number of primary amides is 1. The molecule has 1 amide bonds. The Bertz CT molecular complexity index is 1400. The summed E-state index contributed by atoms with van der Waals surface area (Å²) in [6.45, 7) is 3.08. The molecular weight excluding hydrogens is 433 g/mol. The van der Waals surface area contributed by atoms with Crippen molar-refractivity contribution in [3.8, 4) is 11.4 Å². The summed E-state index contributed by atoms with van der Waals surface area (Å²) in [4.78, 5) is 21.5. The summed E-state index contributed by atoms with van der Waals surface area (Å²) < 4.78 is 5.93. The first-order valence-electron chi connectivity index (χ1n) is 11.1. The molecule has 0 spiro atoms. The lowest BCUT2D eigenvalue weighted by Crippen LogP contribution is -2.30. The molecule has 4 aromatic rings. The van der Waals surface area contributed by atoms with Crippen LogP contribution in [0.2, 0.25) is 0 Å². The first-order valence-corrected chi connectivity index (χ1v) is 11.1. The highest BCUT2D eigenvalue weighted by Crippen LogP contribution is 2.37. The molecule has 0 bridgehead atoms. The standard InChI is InChI=1S/C24H24BN5O4/c1-13-19(16-7-3-8-17(21(26)31)20(16)34-13)24-29-22-18(9-4-10-27-22)23(30-24)28-12-14-5-2-6-15(11-14)25(32)33/h2-3,5-8,11,32-33H,4,9-10,12H2,1H3,(H2,26,31)(H2,27,28,29,30). The maximum atomic E-state index is 11.9. The molecule has 0 atom stereocenters. The number of fused-ring (bicyclic) bond motifs is 2. The van der Waals surface area contributed by atoms with E-state index in [0.717, 1.165) is 41.7 Å². The van der Waals surface area contributed by atoms with E-state index in [9.17, 15) is 14.8 Å². The number of nitrogens with two attached hydrogens (primary N) is 1. The van der Waals surface area contributed by atoms with Gasteiger partial charge < -0.3 is 30.8 Å². The van der Waals surface area contributed by atoms with E-state index in [1.54, 1.807) is 30.3 Å². The maximum absolute atomic E-state index is 11.9. The van der Waals surface area contributed by atoms with Gasteiger partial charge >= 0.3 is 7.12 Å². The van der Waals surface area contributed by atoms with Crippen LogP contribution in [-0.2, 0) is 13.0 Å². The van der Waals surface area contributed by atoms with Crippen molar-refractivity contribution >= 4 is 41.1 Å². The number of carbonyl (C=O) groups is 1. The number of aromatic nitrogens is 2. The lowest BCUT2D eigenvalue weighted by atomic mass is 9.79. The number of rotatable bonds is 6. The number of amides is 1. The van der Waals surface area contributed by atoms with Gasteiger partial charge in [-0.05, 0) is 36.9 Å². The Kier molecular flexibility index (Phi) is 5.68. The minimum Gasteiger partial charge on any atom is -0.460 e. The number of carbonyl (C=O) groups excluding carboxylic acids is 1. The SMILES string of the molecule is Cc1oc2c(C(N)=O)cccc2c1-c1nc2c(c(NCc3cccc(B(O)O)c3)n1)CCCN2. The van der Waals surface area contributed by atoms with Crippen molar-refractivity contribution in [2.24, 2.45) is 5.73 Å². The molecule has 2 aromatic carbocycles. The monoisotopic (exact) mass is 457 g/mol.